The molecule has 98 valence electrons. The summed E-state index contributed by atoms with van der Waals surface area (Å²) in [4.78, 5) is 16.3. The fraction of sp³-hybridized carbons (Fsp3) is 0.167. The third-order valence-electron chi connectivity index (χ3n) is 2.49. The minimum absolute atomic E-state index is 0.184. The zero-order valence-electron chi connectivity index (χ0n) is 10.2. The molecule has 19 heavy (non-hydrogen) atoms. The van der Waals surface area contributed by atoms with Crippen LogP contribution in [0.1, 0.15) is 21.7 Å². The quantitative estimate of drug-likeness (QED) is 0.803. The number of carbonyl (C=O) groups excluding carboxylic acids is 1. The first-order chi connectivity index (χ1) is 8.97. The Balaban J connectivity index is 2.25. The van der Waals surface area contributed by atoms with Gasteiger partial charge in [-0.05, 0) is 54.6 Å². The Morgan fingerprint density at radius 3 is 2.68 bits per heavy atom. The first-order valence-electron chi connectivity index (χ1n) is 5.41. The molecule has 5 nitrogen and oxygen atoms in total. The molecule has 0 saturated carbocycles. The van der Waals surface area contributed by atoms with Crippen LogP contribution in [0.5, 0.6) is 0 Å². The van der Waals surface area contributed by atoms with Crippen LogP contribution in [0.25, 0.3) is 0 Å². The normalized spacial score (nSPS) is 10.3. The van der Waals surface area contributed by atoms with Crippen molar-refractivity contribution in [1.82, 2.24) is 15.2 Å². The largest absolute Gasteiger partial charge is 0.289 e. The van der Waals surface area contributed by atoms with Crippen molar-refractivity contribution in [2.75, 3.05) is 5.32 Å². The Kier molecular flexibility index (Phi) is 4.31. The van der Waals surface area contributed by atoms with Crippen molar-refractivity contribution in [2.24, 2.45) is 0 Å². The number of rotatable bonds is 2. The molecular formula is C12H10ClIN4O. The molecular weight excluding hydrogens is 379 g/mol. The molecule has 2 aromatic rings. The van der Waals surface area contributed by atoms with Crippen LogP contribution < -0.4 is 5.32 Å². The van der Waals surface area contributed by atoms with Crippen LogP contribution >= 0.6 is 34.2 Å². The third kappa shape index (κ3) is 3.38. The highest BCUT2D eigenvalue weighted by Gasteiger charge is 2.13. The van der Waals surface area contributed by atoms with Crippen LogP contribution in [0.4, 0.5) is 5.95 Å². The van der Waals surface area contributed by atoms with Gasteiger partial charge in [-0.1, -0.05) is 11.6 Å². The Labute approximate surface area is 128 Å². The highest BCUT2D eigenvalue weighted by molar-refractivity contribution is 14.1. The van der Waals surface area contributed by atoms with Crippen molar-refractivity contribution < 1.29 is 4.79 Å². The molecule has 7 heteroatoms. The maximum Gasteiger partial charge on any atom is 0.259 e. The molecule has 0 radical (unpaired) electrons. The number of hydrogen-bond acceptors (Lipinski definition) is 4. The Morgan fingerprint density at radius 2 is 2.00 bits per heavy atom. The van der Waals surface area contributed by atoms with Crippen LogP contribution in [-0.2, 0) is 0 Å². The highest BCUT2D eigenvalue weighted by atomic mass is 127. The van der Waals surface area contributed by atoms with Crippen LogP contribution in [0.2, 0.25) is 5.02 Å². The molecule has 0 atom stereocenters. The van der Waals surface area contributed by atoms with E-state index in [1.54, 1.807) is 25.1 Å². The van der Waals surface area contributed by atoms with E-state index in [9.17, 15) is 4.79 Å². The van der Waals surface area contributed by atoms with Crippen LogP contribution in [0.15, 0.2) is 18.2 Å². The summed E-state index contributed by atoms with van der Waals surface area (Å²) in [6.45, 7) is 3.61. The molecule has 0 fully saturated rings. The Morgan fingerprint density at radius 1 is 1.26 bits per heavy atom. The summed E-state index contributed by atoms with van der Waals surface area (Å²) in [6.07, 6.45) is 0. The predicted molar refractivity (Wildman–Crippen MR) is 81.4 cm³/mol. The fourth-order valence-corrected chi connectivity index (χ4v) is 2.10. The summed E-state index contributed by atoms with van der Waals surface area (Å²) in [7, 11) is 0. The molecule has 1 aromatic carbocycles. The molecule has 0 aliphatic rings. The van der Waals surface area contributed by atoms with Crippen molar-refractivity contribution >= 4 is 46.0 Å². The summed E-state index contributed by atoms with van der Waals surface area (Å²) in [5.41, 5.74) is 1.94. The molecule has 2 rings (SSSR count). The minimum Gasteiger partial charge on any atom is -0.289 e. The zero-order chi connectivity index (χ0) is 14.0. The summed E-state index contributed by atoms with van der Waals surface area (Å²) >= 11 is 7.95. The van der Waals surface area contributed by atoms with Crippen molar-refractivity contribution in [3.63, 3.8) is 0 Å². The molecule has 0 aliphatic carbocycles. The first-order valence-corrected chi connectivity index (χ1v) is 6.87. The lowest BCUT2D eigenvalue weighted by Crippen LogP contribution is -2.16. The molecule has 0 aliphatic heterocycles. The number of aryl methyl sites for hydroxylation is 2. The van der Waals surface area contributed by atoms with E-state index in [0.29, 0.717) is 10.6 Å². The van der Waals surface area contributed by atoms with E-state index in [0.717, 1.165) is 15.0 Å². The maximum atomic E-state index is 12.1. The zero-order valence-corrected chi connectivity index (χ0v) is 13.2. The molecule has 1 heterocycles. The molecule has 1 amide bonds. The number of halogens is 2. The van der Waals surface area contributed by atoms with Crippen molar-refractivity contribution in [3.05, 3.63) is 43.7 Å². The van der Waals surface area contributed by atoms with Gasteiger partial charge in [-0.2, -0.15) is 5.10 Å². The average molecular weight is 389 g/mol. The number of nitrogens with one attached hydrogen (secondary N) is 1. The van der Waals surface area contributed by atoms with E-state index in [-0.39, 0.29) is 11.9 Å². The molecule has 0 bridgehead atoms. The van der Waals surface area contributed by atoms with Crippen molar-refractivity contribution in [1.29, 1.82) is 0 Å². The first kappa shape index (κ1) is 14.1. The number of hydrogen-bond donors (Lipinski definition) is 1. The van der Waals surface area contributed by atoms with Gasteiger partial charge in [0.15, 0.2) is 0 Å². The van der Waals surface area contributed by atoms with Crippen molar-refractivity contribution in [3.8, 4) is 0 Å². The van der Waals surface area contributed by atoms with E-state index in [4.69, 9.17) is 11.6 Å². The molecule has 0 saturated heterocycles. The standard InChI is InChI=1S/C12H10ClIN4O/c1-6-7(2)17-18-12(15-6)16-11(19)9-5-8(13)3-4-10(9)14/h3-5H,1-2H3,(H,15,16,18,19). The summed E-state index contributed by atoms with van der Waals surface area (Å²) < 4.78 is 0.802. The number of anilines is 1. The lowest BCUT2D eigenvalue weighted by Gasteiger charge is -2.06. The smallest absolute Gasteiger partial charge is 0.259 e. The van der Waals surface area contributed by atoms with Crippen LogP contribution in [-0.4, -0.2) is 21.1 Å². The number of amides is 1. The van der Waals surface area contributed by atoms with Gasteiger partial charge in [0.05, 0.1) is 17.0 Å². The summed E-state index contributed by atoms with van der Waals surface area (Å²) in [5.74, 6) is -0.124. The van der Waals surface area contributed by atoms with E-state index >= 15 is 0 Å². The number of benzene rings is 1. The van der Waals surface area contributed by atoms with Gasteiger partial charge in [0, 0.05) is 8.59 Å². The number of carbonyl (C=O) groups is 1. The van der Waals surface area contributed by atoms with Gasteiger partial charge < -0.3 is 0 Å². The highest BCUT2D eigenvalue weighted by Crippen LogP contribution is 2.18. The monoisotopic (exact) mass is 388 g/mol. The second kappa shape index (κ2) is 5.79. The lowest BCUT2D eigenvalue weighted by molar-refractivity contribution is 0.102. The van der Waals surface area contributed by atoms with Gasteiger partial charge in [0.2, 0.25) is 5.95 Å². The maximum absolute atomic E-state index is 12.1. The number of aromatic nitrogens is 3. The third-order valence-corrected chi connectivity index (χ3v) is 3.67. The topological polar surface area (TPSA) is 67.8 Å². The predicted octanol–water partition coefficient (Wildman–Crippen LogP) is 3.00. The number of nitrogens with zero attached hydrogens (tertiary/aromatic N) is 3. The molecule has 0 unspecified atom stereocenters. The van der Waals surface area contributed by atoms with Crippen molar-refractivity contribution in [2.45, 2.75) is 13.8 Å². The van der Waals surface area contributed by atoms with E-state index in [1.807, 2.05) is 6.92 Å². The van der Waals surface area contributed by atoms with Gasteiger partial charge in [-0.15, -0.1) is 5.10 Å². The van der Waals surface area contributed by atoms with Crippen LogP contribution in [0.3, 0.4) is 0 Å². The second-order valence-electron chi connectivity index (χ2n) is 3.88. The van der Waals surface area contributed by atoms with E-state index < -0.39 is 0 Å². The van der Waals surface area contributed by atoms with Gasteiger partial charge >= 0.3 is 0 Å². The molecule has 1 aromatic heterocycles. The minimum atomic E-state index is -0.308. The Bertz CT molecular complexity index is 648. The SMILES string of the molecule is Cc1nnc(NC(=O)c2cc(Cl)ccc2I)nc1C. The Hall–Kier alpha value is -1.28. The van der Waals surface area contributed by atoms with E-state index in [1.165, 1.54) is 0 Å². The van der Waals surface area contributed by atoms with Gasteiger partial charge in [0.25, 0.3) is 5.91 Å². The fourth-order valence-electron chi connectivity index (χ4n) is 1.35. The summed E-state index contributed by atoms with van der Waals surface area (Å²) in [6, 6.07) is 5.11. The van der Waals surface area contributed by atoms with Crippen LogP contribution in [0, 0.1) is 17.4 Å². The lowest BCUT2D eigenvalue weighted by atomic mass is 10.2. The molecule has 0 spiro atoms. The van der Waals surface area contributed by atoms with Gasteiger partial charge in [-0.3, -0.25) is 10.1 Å². The average Bonchev–Trinajstić information content (AvgIpc) is 2.36. The van der Waals surface area contributed by atoms with Gasteiger partial charge in [-0.25, -0.2) is 4.98 Å². The van der Waals surface area contributed by atoms with E-state index in [2.05, 4.69) is 43.1 Å². The summed E-state index contributed by atoms with van der Waals surface area (Å²) in [5, 5.41) is 10.8. The second-order valence-corrected chi connectivity index (χ2v) is 5.48. The van der Waals surface area contributed by atoms with Gasteiger partial charge in [0.1, 0.15) is 0 Å². The molecule has 1 N–H and O–H groups in total.